The van der Waals surface area contributed by atoms with Crippen LogP contribution in [0.15, 0.2) is 21.7 Å². The van der Waals surface area contributed by atoms with Crippen LogP contribution < -0.4 is 5.32 Å². The van der Waals surface area contributed by atoms with Gasteiger partial charge in [0.1, 0.15) is 18.2 Å². The first-order chi connectivity index (χ1) is 12.7. The Kier molecular flexibility index (Phi) is 6.70. The second-order valence-corrected chi connectivity index (χ2v) is 7.10. The molecule has 1 saturated heterocycles. The summed E-state index contributed by atoms with van der Waals surface area (Å²) in [4.78, 5) is 12.1. The highest BCUT2D eigenvalue weighted by atomic mass is 32.2. The van der Waals surface area contributed by atoms with Crippen LogP contribution >= 0.6 is 11.8 Å². The van der Waals surface area contributed by atoms with Crippen molar-refractivity contribution in [1.29, 1.82) is 0 Å². The first-order valence-corrected chi connectivity index (χ1v) is 9.64. The molecule has 3 heterocycles. The Morgan fingerprint density at radius 2 is 2.35 bits per heavy atom. The van der Waals surface area contributed by atoms with Gasteiger partial charge in [0, 0.05) is 39.5 Å². The number of amides is 1. The largest absolute Gasteiger partial charge is 0.453 e. The van der Waals surface area contributed by atoms with E-state index in [0.717, 1.165) is 36.2 Å². The smallest absolute Gasteiger partial charge is 0.287 e. The number of carbonyl (C=O) groups is 1. The molecular weight excluding hydrogens is 356 g/mol. The predicted octanol–water partition coefficient (Wildman–Crippen LogP) is 1.80. The molecule has 0 aliphatic carbocycles. The first-order valence-electron chi connectivity index (χ1n) is 8.66. The second-order valence-electron chi connectivity index (χ2n) is 6.11. The molecule has 0 aromatic carbocycles. The molecule has 0 saturated carbocycles. The molecule has 1 aliphatic rings. The molecule has 1 atom stereocenters. The number of aromatic nitrogens is 3. The summed E-state index contributed by atoms with van der Waals surface area (Å²) in [6, 6.07) is 3.38. The maximum Gasteiger partial charge on any atom is 0.287 e. The lowest BCUT2D eigenvalue weighted by Crippen LogP contribution is -2.26. The fraction of sp³-hybridized carbons (Fsp3) is 0.588. The Hall–Kier alpha value is -1.84. The SMILES string of the molecule is COCc1ccc(C(=O)NCCc2nnc(SCC3CCCO3)n2C)o1. The third kappa shape index (κ3) is 4.87. The van der Waals surface area contributed by atoms with E-state index in [1.54, 1.807) is 31.0 Å². The van der Waals surface area contributed by atoms with E-state index in [4.69, 9.17) is 13.9 Å². The van der Waals surface area contributed by atoms with Crippen LogP contribution in [0.3, 0.4) is 0 Å². The number of hydrogen-bond acceptors (Lipinski definition) is 7. The van der Waals surface area contributed by atoms with Gasteiger partial charge in [-0.05, 0) is 25.0 Å². The number of methoxy groups -OCH3 is 1. The Morgan fingerprint density at radius 1 is 1.46 bits per heavy atom. The lowest BCUT2D eigenvalue weighted by Gasteiger charge is -2.08. The summed E-state index contributed by atoms with van der Waals surface area (Å²) in [6.45, 7) is 1.66. The van der Waals surface area contributed by atoms with Gasteiger partial charge in [0.2, 0.25) is 0 Å². The van der Waals surface area contributed by atoms with Crippen LogP contribution in [0.25, 0.3) is 0 Å². The lowest BCUT2D eigenvalue weighted by molar-refractivity contribution is 0.0917. The average molecular weight is 380 g/mol. The molecule has 8 nitrogen and oxygen atoms in total. The molecule has 0 bridgehead atoms. The number of furan rings is 1. The molecule has 2 aromatic heterocycles. The van der Waals surface area contributed by atoms with E-state index in [-0.39, 0.29) is 11.7 Å². The monoisotopic (exact) mass is 380 g/mol. The highest BCUT2D eigenvalue weighted by Gasteiger charge is 2.18. The zero-order chi connectivity index (χ0) is 18.4. The average Bonchev–Trinajstić information content (AvgIpc) is 3.36. The van der Waals surface area contributed by atoms with Gasteiger partial charge in [-0.15, -0.1) is 10.2 Å². The van der Waals surface area contributed by atoms with E-state index in [1.165, 1.54) is 0 Å². The predicted molar refractivity (Wildman–Crippen MR) is 96.2 cm³/mol. The molecule has 1 unspecified atom stereocenters. The van der Waals surface area contributed by atoms with Crippen molar-refractivity contribution in [2.24, 2.45) is 7.05 Å². The van der Waals surface area contributed by atoms with Crippen molar-refractivity contribution in [2.45, 2.75) is 37.1 Å². The van der Waals surface area contributed by atoms with Gasteiger partial charge >= 0.3 is 0 Å². The minimum absolute atomic E-state index is 0.248. The normalized spacial score (nSPS) is 16.9. The Morgan fingerprint density at radius 3 is 3.12 bits per heavy atom. The fourth-order valence-electron chi connectivity index (χ4n) is 2.73. The Bertz CT molecular complexity index is 724. The standard InChI is InChI=1S/C17H24N4O4S/c1-21-15(19-20-17(21)26-11-13-4-3-9-24-13)7-8-18-16(22)14-6-5-12(25-14)10-23-2/h5-6,13H,3-4,7-11H2,1-2H3,(H,18,22). The minimum atomic E-state index is -0.248. The number of carbonyl (C=O) groups excluding carboxylic acids is 1. The highest BCUT2D eigenvalue weighted by molar-refractivity contribution is 7.99. The Balaban J connectivity index is 1.44. The van der Waals surface area contributed by atoms with Gasteiger partial charge in [-0.3, -0.25) is 4.79 Å². The maximum atomic E-state index is 12.1. The zero-order valence-electron chi connectivity index (χ0n) is 15.1. The van der Waals surface area contributed by atoms with Crippen LogP contribution in [-0.4, -0.2) is 52.8 Å². The molecule has 2 aromatic rings. The third-order valence-corrected chi connectivity index (χ3v) is 5.31. The molecule has 3 rings (SSSR count). The number of nitrogens with zero attached hydrogens (tertiary/aromatic N) is 3. The Labute approximate surface area is 156 Å². The molecule has 142 valence electrons. The van der Waals surface area contributed by atoms with Crippen molar-refractivity contribution in [3.8, 4) is 0 Å². The number of hydrogen-bond donors (Lipinski definition) is 1. The zero-order valence-corrected chi connectivity index (χ0v) is 15.9. The van der Waals surface area contributed by atoms with Crippen molar-refractivity contribution < 1.29 is 18.7 Å². The summed E-state index contributed by atoms with van der Waals surface area (Å²) < 4.78 is 18.0. The lowest BCUT2D eigenvalue weighted by atomic mass is 10.3. The molecule has 1 amide bonds. The fourth-order valence-corrected chi connectivity index (χ4v) is 3.72. The topological polar surface area (TPSA) is 91.4 Å². The number of rotatable bonds is 9. The van der Waals surface area contributed by atoms with Crippen LogP contribution in [0.2, 0.25) is 0 Å². The summed E-state index contributed by atoms with van der Waals surface area (Å²) >= 11 is 1.66. The summed E-state index contributed by atoms with van der Waals surface area (Å²) in [5.74, 6) is 2.38. The van der Waals surface area contributed by atoms with Crippen molar-refractivity contribution in [3.63, 3.8) is 0 Å². The molecule has 1 aliphatic heterocycles. The van der Waals surface area contributed by atoms with E-state index >= 15 is 0 Å². The van der Waals surface area contributed by atoms with E-state index in [2.05, 4.69) is 15.5 Å². The summed E-state index contributed by atoms with van der Waals surface area (Å²) in [6.07, 6.45) is 3.16. The van der Waals surface area contributed by atoms with Gasteiger partial charge in [-0.1, -0.05) is 11.8 Å². The summed E-state index contributed by atoms with van der Waals surface area (Å²) in [5, 5.41) is 12.2. The first kappa shape index (κ1) is 18.9. The summed E-state index contributed by atoms with van der Waals surface area (Å²) in [5.41, 5.74) is 0. The van der Waals surface area contributed by atoms with Gasteiger partial charge in [-0.25, -0.2) is 0 Å². The van der Waals surface area contributed by atoms with Crippen LogP contribution in [-0.2, 0) is 29.5 Å². The van der Waals surface area contributed by atoms with Crippen LogP contribution in [0.5, 0.6) is 0 Å². The van der Waals surface area contributed by atoms with Crippen LogP contribution in [0, 0.1) is 0 Å². The maximum absolute atomic E-state index is 12.1. The highest BCUT2D eigenvalue weighted by Crippen LogP contribution is 2.22. The van der Waals surface area contributed by atoms with Crippen LogP contribution in [0.4, 0.5) is 0 Å². The number of nitrogens with one attached hydrogen (secondary N) is 1. The van der Waals surface area contributed by atoms with E-state index in [9.17, 15) is 4.79 Å². The van der Waals surface area contributed by atoms with Crippen molar-refractivity contribution in [3.05, 3.63) is 29.5 Å². The molecule has 26 heavy (non-hydrogen) atoms. The molecule has 1 N–H and O–H groups in total. The minimum Gasteiger partial charge on any atom is -0.453 e. The molecule has 1 fully saturated rings. The van der Waals surface area contributed by atoms with Crippen LogP contribution in [0.1, 0.15) is 35.0 Å². The van der Waals surface area contributed by atoms with Crippen molar-refractivity contribution in [1.82, 2.24) is 20.1 Å². The van der Waals surface area contributed by atoms with Gasteiger partial charge in [-0.2, -0.15) is 0 Å². The number of thioether (sulfide) groups is 1. The van der Waals surface area contributed by atoms with Gasteiger partial charge < -0.3 is 23.8 Å². The summed E-state index contributed by atoms with van der Waals surface area (Å²) in [7, 11) is 3.52. The van der Waals surface area contributed by atoms with E-state index in [0.29, 0.717) is 31.4 Å². The number of ether oxygens (including phenoxy) is 2. The van der Waals surface area contributed by atoms with E-state index < -0.39 is 0 Å². The van der Waals surface area contributed by atoms with Crippen molar-refractivity contribution in [2.75, 3.05) is 26.0 Å². The molecule has 0 radical (unpaired) electrons. The molecule has 0 spiro atoms. The molecular formula is C17H24N4O4S. The van der Waals surface area contributed by atoms with E-state index in [1.807, 2.05) is 11.6 Å². The van der Waals surface area contributed by atoms with Gasteiger partial charge in [0.15, 0.2) is 10.9 Å². The van der Waals surface area contributed by atoms with Crippen molar-refractivity contribution >= 4 is 17.7 Å². The third-order valence-electron chi connectivity index (χ3n) is 4.15. The second kappa shape index (κ2) is 9.20. The quantitative estimate of drug-likeness (QED) is 0.663. The molecule has 9 heteroatoms. The van der Waals surface area contributed by atoms with Gasteiger partial charge in [0.05, 0.1) is 6.10 Å². The van der Waals surface area contributed by atoms with Gasteiger partial charge in [0.25, 0.3) is 5.91 Å².